The Balaban J connectivity index is -0.000000108. The van der Waals surface area contributed by atoms with Crippen molar-refractivity contribution in [2.24, 2.45) is 0 Å². The molecule has 0 unspecified atom stereocenters. The average molecular weight is 330 g/mol. The fourth-order valence-corrected chi connectivity index (χ4v) is 0.151. The van der Waals surface area contributed by atoms with Crippen LogP contribution in [-0.4, -0.2) is 50.6 Å². The maximum Gasteiger partial charge on any atom is 3.00 e. The van der Waals surface area contributed by atoms with Crippen molar-refractivity contribution in [2.75, 3.05) is 0 Å². The Morgan fingerprint density at radius 2 is 0.773 bits per heavy atom. The van der Waals surface area contributed by atoms with Gasteiger partial charge in [-0.25, -0.2) is 14.4 Å². The first-order chi connectivity index (χ1) is 9.54. The fraction of sp³-hybridized carbons (Fsp3) is 0.250. The van der Waals surface area contributed by atoms with E-state index in [-0.39, 0.29) is 34.1 Å². The summed E-state index contributed by atoms with van der Waals surface area (Å²) in [6.45, 7) is 3.74. The Morgan fingerprint density at radius 3 is 0.773 bits per heavy atom. The minimum Gasteiger partial charge on any atom is -0.878 e. The SMILES string of the molecule is C/C(=C\[O-])C(=O)O.C/C(=C\[O-])C(=O)O.C/C(=C\[O-])C(=O)O.[Al+3]. The number of hydrogen-bond donors (Lipinski definition) is 3. The van der Waals surface area contributed by atoms with Crippen LogP contribution in [0.3, 0.4) is 0 Å². The summed E-state index contributed by atoms with van der Waals surface area (Å²) in [5.74, 6) is -3.47. The van der Waals surface area contributed by atoms with Crippen LogP contribution in [-0.2, 0) is 14.4 Å². The van der Waals surface area contributed by atoms with Crippen molar-refractivity contribution in [2.45, 2.75) is 20.8 Å². The van der Waals surface area contributed by atoms with Crippen LogP contribution in [0.15, 0.2) is 35.5 Å². The smallest absolute Gasteiger partial charge is 0.878 e. The van der Waals surface area contributed by atoms with E-state index in [1.54, 1.807) is 0 Å². The molecule has 0 rings (SSSR count). The maximum absolute atomic E-state index is 9.66. The Hall–Kier alpha value is -2.44. The van der Waals surface area contributed by atoms with E-state index < -0.39 is 17.9 Å². The monoisotopic (exact) mass is 330 g/mol. The van der Waals surface area contributed by atoms with Gasteiger partial charge < -0.3 is 30.6 Å². The molecule has 0 radical (unpaired) electrons. The molecule has 22 heavy (non-hydrogen) atoms. The van der Waals surface area contributed by atoms with E-state index in [0.29, 0.717) is 18.8 Å². The van der Waals surface area contributed by atoms with Crippen LogP contribution < -0.4 is 15.3 Å². The molecule has 0 heterocycles. The molecule has 0 bridgehead atoms. The van der Waals surface area contributed by atoms with Crippen molar-refractivity contribution < 1.29 is 45.0 Å². The summed E-state index contributed by atoms with van der Waals surface area (Å²) in [7, 11) is 0. The van der Waals surface area contributed by atoms with Gasteiger partial charge in [0.1, 0.15) is 0 Å². The van der Waals surface area contributed by atoms with Gasteiger partial charge >= 0.3 is 35.3 Å². The first-order valence-corrected chi connectivity index (χ1v) is 5.11. The predicted octanol–water partition coefficient (Wildman–Crippen LogP) is -2.38. The van der Waals surface area contributed by atoms with E-state index in [0.717, 1.165) is 0 Å². The van der Waals surface area contributed by atoms with E-state index in [1.165, 1.54) is 20.8 Å². The third-order valence-electron chi connectivity index (χ3n) is 1.54. The van der Waals surface area contributed by atoms with Gasteiger partial charge in [-0.15, -0.1) is 18.8 Å². The standard InChI is InChI=1S/3C4H6O3.Al/c3*1-3(2-5)4(6)7;/h3*2,5H,1H3,(H,6,7);/q;;;+3/p-3/b3*3-2+;. The number of carboxylic acid groups (broad SMARTS) is 3. The van der Waals surface area contributed by atoms with Crippen LogP contribution in [0.1, 0.15) is 20.8 Å². The quantitative estimate of drug-likeness (QED) is 0.289. The number of rotatable bonds is 3. The Bertz CT molecular complexity index is 383. The summed E-state index contributed by atoms with van der Waals surface area (Å²) in [5.41, 5.74) is -0.500. The van der Waals surface area contributed by atoms with Crippen LogP contribution >= 0.6 is 0 Å². The molecule has 0 saturated heterocycles. The van der Waals surface area contributed by atoms with Crippen molar-refractivity contribution in [1.82, 2.24) is 0 Å². The van der Waals surface area contributed by atoms with Gasteiger partial charge in [-0.3, -0.25) is 0 Å². The van der Waals surface area contributed by atoms with Crippen LogP contribution in [0.2, 0.25) is 0 Å². The molecule has 0 aromatic heterocycles. The van der Waals surface area contributed by atoms with Crippen molar-refractivity contribution in [3.63, 3.8) is 0 Å². The number of carbonyl (C=O) groups is 3. The van der Waals surface area contributed by atoms with Crippen LogP contribution in [0.4, 0.5) is 0 Å². The second kappa shape index (κ2) is 16.6. The molecular formula is C12H15AlO9. The molecule has 3 N–H and O–H groups in total. The zero-order valence-corrected chi connectivity index (χ0v) is 13.3. The van der Waals surface area contributed by atoms with Crippen molar-refractivity contribution in [3.05, 3.63) is 35.5 Å². The number of carboxylic acids is 3. The van der Waals surface area contributed by atoms with Crippen LogP contribution in [0, 0.1) is 0 Å². The summed E-state index contributed by atoms with van der Waals surface area (Å²) in [6.07, 6.45) is 0.924. The number of aliphatic carboxylic acids is 3. The fourth-order valence-electron chi connectivity index (χ4n) is 0.151. The molecule has 0 aromatic carbocycles. The number of hydrogen-bond acceptors (Lipinski definition) is 6. The van der Waals surface area contributed by atoms with E-state index >= 15 is 0 Å². The molecule has 0 aliphatic carbocycles. The molecule has 0 aliphatic rings. The summed E-state index contributed by atoms with van der Waals surface area (Å²) in [4.78, 5) is 29.0. The van der Waals surface area contributed by atoms with Crippen molar-refractivity contribution in [1.29, 1.82) is 0 Å². The molecule has 0 aliphatic heterocycles. The van der Waals surface area contributed by atoms with Gasteiger partial charge in [0, 0.05) is 16.7 Å². The second-order valence-electron chi connectivity index (χ2n) is 3.32. The Kier molecular flexibility index (Phi) is 21.0. The van der Waals surface area contributed by atoms with E-state index in [9.17, 15) is 29.7 Å². The zero-order valence-electron chi connectivity index (χ0n) is 12.1. The molecular weight excluding hydrogens is 315 g/mol. The molecule has 0 atom stereocenters. The van der Waals surface area contributed by atoms with E-state index in [4.69, 9.17) is 15.3 Å². The van der Waals surface area contributed by atoms with E-state index in [2.05, 4.69) is 0 Å². The minimum absolute atomic E-state index is 0. The molecule has 0 saturated carbocycles. The summed E-state index contributed by atoms with van der Waals surface area (Å²) in [6, 6.07) is 0. The van der Waals surface area contributed by atoms with Crippen molar-refractivity contribution >= 4 is 35.3 Å². The summed E-state index contributed by atoms with van der Waals surface area (Å²) in [5, 5.41) is 52.3. The van der Waals surface area contributed by atoms with E-state index in [1.807, 2.05) is 0 Å². The molecule has 10 heteroatoms. The molecule has 9 nitrogen and oxygen atoms in total. The Labute approximate surface area is 137 Å². The third kappa shape index (κ3) is 19.9. The molecule has 0 aromatic rings. The van der Waals surface area contributed by atoms with Gasteiger partial charge in [0.25, 0.3) is 0 Å². The summed E-state index contributed by atoms with van der Waals surface area (Å²) >= 11 is 0. The predicted molar refractivity (Wildman–Crippen MR) is 69.9 cm³/mol. The zero-order chi connectivity index (χ0) is 17.6. The average Bonchev–Trinajstić information content (AvgIpc) is 2.45. The van der Waals surface area contributed by atoms with Crippen molar-refractivity contribution in [3.8, 4) is 0 Å². The maximum atomic E-state index is 9.66. The Morgan fingerprint density at radius 1 is 0.636 bits per heavy atom. The van der Waals surface area contributed by atoms with Gasteiger partial charge in [-0.1, -0.05) is 0 Å². The normalized spacial score (nSPS) is 10.8. The second-order valence-corrected chi connectivity index (χ2v) is 3.32. The van der Waals surface area contributed by atoms with Crippen LogP contribution in [0.25, 0.3) is 0 Å². The topological polar surface area (TPSA) is 181 Å². The third-order valence-corrected chi connectivity index (χ3v) is 1.54. The van der Waals surface area contributed by atoms with Gasteiger partial charge in [-0.05, 0) is 20.8 Å². The molecule has 0 spiro atoms. The van der Waals surface area contributed by atoms with Crippen LogP contribution in [0.5, 0.6) is 0 Å². The molecule has 0 amide bonds. The van der Waals surface area contributed by atoms with Gasteiger partial charge in [-0.2, -0.15) is 0 Å². The largest absolute Gasteiger partial charge is 3.00 e. The van der Waals surface area contributed by atoms with Gasteiger partial charge in [0.15, 0.2) is 0 Å². The molecule has 0 fully saturated rings. The van der Waals surface area contributed by atoms with Gasteiger partial charge in [0.2, 0.25) is 0 Å². The van der Waals surface area contributed by atoms with Gasteiger partial charge in [0.05, 0.1) is 0 Å². The minimum atomic E-state index is -1.16. The first kappa shape index (κ1) is 27.8. The molecule has 120 valence electrons. The summed E-state index contributed by atoms with van der Waals surface area (Å²) < 4.78 is 0. The first-order valence-electron chi connectivity index (χ1n) is 5.11.